The van der Waals surface area contributed by atoms with Crippen LogP contribution in [-0.4, -0.2) is 26.6 Å². The number of nitrogens with zero attached hydrogens (tertiary/aromatic N) is 2. The molecule has 0 fully saturated rings. The highest BCUT2D eigenvalue weighted by atomic mass is 35.5. The van der Waals surface area contributed by atoms with Gasteiger partial charge in [0.2, 0.25) is 5.91 Å². The Labute approximate surface area is 136 Å². The maximum Gasteiger partial charge on any atom is 0.251 e. The minimum absolute atomic E-state index is 0.115. The molecular weight excluding hydrogens is 324 g/mol. The fourth-order valence-corrected chi connectivity index (χ4v) is 2.60. The van der Waals surface area contributed by atoms with Gasteiger partial charge < -0.3 is 10.3 Å². The molecule has 2 N–H and O–H groups in total. The number of rotatable bonds is 6. The Bertz CT molecular complexity index is 720. The van der Waals surface area contributed by atoms with Crippen molar-refractivity contribution < 1.29 is 4.79 Å². The van der Waals surface area contributed by atoms with E-state index < -0.39 is 0 Å². The molecule has 6 nitrogen and oxygen atoms in total. The van der Waals surface area contributed by atoms with Crippen molar-refractivity contribution in [2.75, 3.05) is 11.1 Å². The lowest BCUT2D eigenvalue weighted by molar-refractivity contribution is -0.113. The van der Waals surface area contributed by atoms with Gasteiger partial charge in [-0.2, -0.15) is 0 Å². The third-order valence-electron chi connectivity index (χ3n) is 2.65. The molecule has 0 saturated heterocycles. The van der Waals surface area contributed by atoms with Crippen molar-refractivity contribution >= 4 is 35.0 Å². The summed E-state index contributed by atoms with van der Waals surface area (Å²) in [6.07, 6.45) is 3.18. The Balaban J connectivity index is 1.96. The summed E-state index contributed by atoms with van der Waals surface area (Å²) >= 11 is 7.03. The van der Waals surface area contributed by atoms with Crippen LogP contribution in [0.15, 0.2) is 34.3 Å². The van der Waals surface area contributed by atoms with Crippen LogP contribution in [0.3, 0.4) is 0 Å². The zero-order valence-electron chi connectivity index (χ0n) is 11.9. The maximum atomic E-state index is 11.9. The first-order chi connectivity index (χ1) is 10.6. The van der Waals surface area contributed by atoms with Gasteiger partial charge in [-0.3, -0.25) is 9.59 Å². The van der Waals surface area contributed by atoms with Gasteiger partial charge in [0.15, 0.2) is 10.3 Å². The number of halogens is 1. The largest absolute Gasteiger partial charge is 0.323 e. The number of pyridine rings is 1. The number of hydrogen-bond acceptors (Lipinski definition) is 5. The molecule has 22 heavy (non-hydrogen) atoms. The third kappa shape index (κ3) is 4.85. The minimum Gasteiger partial charge on any atom is -0.323 e. The third-order valence-corrected chi connectivity index (χ3v) is 3.83. The van der Waals surface area contributed by atoms with Gasteiger partial charge in [-0.1, -0.05) is 36.7 Å². The van der Waals surface area contributed by atoms with Crippen LogP contribution in [0.25, 0.3) is 0 Å². The first-order valence-electron chi connectivity index (χ1n) is 6.72. The van der Waals surface area contributed by atoms with E-state index in [-0.39, 0.29) is 22.4 Å². The van der Waals surface area contributed by atoms with Crippen LogP contribution in [-0.2, 0) is 11.2 Å². The Morgan fingerprint density at radius 2 is 2.32 bits per heavy atom. The number of aryl methyl sites for hydroxylation is 1. The highest BCUT2D eigenvalue weighted by molar-refractivity contribution is 7.99. The summed E-state index contributed by atoms with van der Waals surface area (Å²) in [5.74, 6) is -0.132. The van der Waals surface area contributed by atoms with E-state index in [4.69, 9.17) is 11.6 Å². The highest BCUT2D eigenvalue weighted by Crippen LogP contribution is 2.18. The molecule has 2 heterocycles. The predicted molar refractivity (Wildman–Crippen MR) is 87.5 cm³/mol. The molecule has 0 atom stereocenters. The maximum absolute atomic E-state index is 11.9. The normalized spacial score (nSPS) is 10.5. The van der Waals surface area contributed by atoms with Crippen LogP contribution in [0, 0.1) is 0 Å². The van der Waals surface area contributed by atoms with Gasteiger partial charge in [-0.15, -0.1) is 0 Å². The van der Waals surface area contributed by atoms with E-state index in [0.29, 0.717) is 10.8 Å². The molecule has 2 rings (SSSR count). The van der Waals surface area contributed by atoms with Crippen LogP contribution in [0.2, 0.25) is 5.15 Å². The molecule has 0 aliphatic carbocycles. The smallest absolute Gasteiger partial charge is 0.251 e. The van der Waals surface area contributed by atoms with E-state index in [1.807, 2.05) is 6.92 Å². The number of carbonyl (C=O) groups excluding carboxylic acids is 1. The average Bonchev–Trinajstić information content (AvgIpc) is 2.47. The first kappa shape index (κ1) is 16.5. The molecule has 0 saturated carbocycles. The number of aromatic nitrogens is 3. The Hall–Kier alpha value is -1.86. The highest BCUT2D eigenvalue weighted by Gasteiger charge is 2.08. The van der Waals surface area contributed by atoms with Crippen molar-refractivity contribution in [2.45, 2.75) is 24.9 Å². The Morgan fingerprint density at radius 1 is 1.50 bits per heavy atom. The number of amides is 1. The summed E-state index contributed by atoms with van der Waals surface area (Å²) in [5, 5.41) is 3.33. The average molecular weight is 339 g/mol. The number of nitrogens with one attached hydrogen (secondary N) is 2. The molecule has 0 spiro atoms. The first-order valence-corrected chi connectivity index (χ1v) is 8.08. The second-order valence-electron chi connectivity index (χ2n) is 4.47. The SMILES string of the molecule is CCCc1cc(=O)[nH]c(SCC(=O)Nc2cccnc2Cl)n1. The number of carbonyl (C=O) groups is 1. The molecule has 0 aromatic carbocycles. The van der Waals surface area contributed by atoms with E-state index in [0.717, 1.165) is 18.5 Å². The van der Waals surface area contributed by atoms with E-state index in [2.05, 4.69) is 20.3 Å². The van der Waals surface area contributed by atoms with E-state index in [1.165, 1.54) is 17.8 Å². The Kier molecular flexibility index (Phi) is 5.97. The van der Waals surface area contributed by atoms with Crippen LogP contribution >= 0.6 is 23.4 Å². The molecular formula is C14H15ClN4O2S. The van der Waals surface area contributed by atoms with Gasteiger partial charge >= 0.3 is 0 Å². The molecule has 8 heteroatoms. The fourth-order valence-electron chi connectivity index (χ4n) is 1.74. The van der Waals surface area contributed by atoms with Crippen LogP contribution in [0.1, 0.15) is 19.0 Å². The predicted octanol–water partition coefficient (Wildman–Crippen LogP) is 2.50. The molecule has 2 aromatic rings. The molecule has 0 radical (unpaired) electrons. The summed E-state index contributed by atoms with van der Waals surface area (Å²) < 4.78 is 0. The van der Waals surface area contributed by atoms with Crippen molar-refractivity contribution in [3.05, 3.63) is 45.6 Å². The molecule has 2 aromatic heterocycles. The lowest BCUT2D eigenvalue weighted by Crippen LogP contribution is -2.16. The standard InChI is InChI=1S/C14H15ClN4O2S/c1-2-4-9-7-11(20)19-14(17-9)22-8-12(21)18-10-5-3-6-16-13(10)15/h3,5-7H,2,4,8H2,1H3,(H,18,21)(H,17,19,20). The van der Waals surface area contributed by atoms with E-state index >= 15 is 0 Å². The van der Waals surface area contributed by atoms with Crippen LogP contribution < -0.4 is 10.9 Å². The van der Waals surface area contributed by atoms with Gasteiger partial charge in [-0.25, -0.2) is 9.97 Å². The number of aromatic amines is 1. The lowest BCUT2D eigenvalue weighted by atomic mass is 10.2. The number of thioether (sulfide) groups is 1. The number of anilines is 1. The fraction of sp³-hybridized carbons (Fsp3) is 0.286. The molecule has 116 valence electrons. The number of H-pyrrole nitrogens is 1. The van der Waals surface area contributed by atoms with Crippen molar-refractivity contribution in [2.24, 2.45) is 0 Å². The second-order valence-corrected chi connectivity index (χ2v) is 5.79. The summed E-state index contributed by atoms with van der Waals surface area (Å²) in [5.41, 5.74) is 0.970. The van der Waals surface area contributed by atoms with Crippen molar-refractivity contribution in [1.82, 2.24) is 15.0 Å². The van der Waals surface area contributed by atoms with Gasteiger partial charge in [-0.05, 0) is 18.6 Å². The van der Waals surface area contributed by atoms with E-state index in [9.17, 15) is 9.59 Å². The van der Waals surface area contributed by atoms with Gasteiger partial charge in [0.05, 0.1) is 11.4 Å². The Morgan fingerprint density at radius 3 is 3.05 bits per heavy atom. The van der Waals surface area contributed by atoms with Gasteiger partial charge in [0.25, 0.3) is 5.56 Å². The van der Waals surface area contributed by atoms with Gasteiger partial charge in [0, 0.05) is 18.0 Å². The number of hydrogen-bond donors (Lipinski definition) is 2. The summed E-state index contributed by atoms with van der Waals surface area (Å²) in [6.45, 7) is 2.01. The zero-order valence-corrected chi connectivity index (χ0v) is 13.5. The van der Waals surface area contributed by atoms with E-state index in [1.54, 1.807) is 18.3 Å². The molecule has 0 bridgehead atoms. The van der Waals surface area contributed by atoms with Crippen LogP contribution in [0.5, 0.6) is 0 Å². The summed E-state index contributed by atoms with van der Waals surface area (Å²) in [7, 11) is 0. The lowest BCUT2D eigenvalue weighted by Gasteiger charge is -2.06. The van der Waals surface area contributed by atoms with Crippen LogP contribution in [0.4, 0.5) is 5.69 Å². The van der Waals surface area contributed by atoms with Crippen molar-refractivity contribution in [3.63, 3.8) is 0 Å². The monoisotopic (exact) mass is 338 g/mol. The van der Waals surface area contributed by atoms with Gasteiger partial charge in [0.1, 0.15) is 0 Å². The molecule has 1 amide bonds. The molecule has 0 aliphatic heterocycles. The second kappa shape index (κ2) is 7.95. The topological polar surface area (TPSA) is 87.7 Å². The molecule has 0 aliphatic rings. The molecule has 0 unspecified atom stereocenters. The minimum atomic E-state index is -0.247. The summed E-state index contributed by atoms with van der Waals surface area (Å²) in [4.78, 5) is 34.2. The summed E-state index contributed by atoms with van der Waals surface area (Å²) in [6, 6.07) is 4.82. The zero-order chi connectivity index (χ0) is 15.9. The van der Waals surface area contributed by atoms with Crippen molar-refractivity contribution in [1.29, 1.82) is 0 Å². The van der Waals surface area contributed by atoms with Crippen molar-refractivity contribution in [3.8, 4) is 0 Å². The quantitative estimate of drug-likeness (QED) is 0.480.